The van der Waals surface area contributed by atoms with Gasteiger partial charge in [0, 0.05) is 6.42 Å². The van der Waals surface area contributed by atoms with E-state index < -0.39 is 0 Å². The predicted molar refractivity (Wildman–Crippen MR) is 30.4 cm³/mol. The van der Waals surface area contributed by atoms with Crippen molar-refractivity contribution in [2.24, 2.45) is 0 Å². The normalized spacial score (nSPS) is 9.00. The quantitative estimate of drug-likeness (QED) is 0.536. The number of oxazole rings is 1. The highest BCUT2D eigenvalue weighted by Gasteiger charge is 1.88. The molecule has 0 aliphatic heterocycles. The van der Waals surface area contributed by atoms with E-state index in [0.717, 1.165) is 5.89 Å². The lowest BCUT2D eigenvalue weighted by atomic mass is 10.4. The van der Waals surface area contributed by atoms with Crippen LogP contribution in [0.15, 0.2) is 29.5 Å². The summed E-state index contributed by atoms with van der Waals surface area (Å²) in [5.41, 5.74) is 0. The van der Waals surface area contributed by atoms with Gasteiger partial charge in [0.25, 0.3) is 0 Å². The van der Waals surface area contributed by atoms with Crippen LogP contribution >= 0.6 is 0 Å². The Bertz CT molecular complexity index is 155. The van der Waals surface area contributed by atoms with E-state index in [4.69, 9.17) is 4.42 Å². The Labute approximate surface area is 47.9 Å². The second kappa shape index (κ2) is 2.31. The SMILES string of the molecule is C=CCc1ncco1. The van der Waals surface area contributed by atoms with E-state index in [-0.39, 0.29) is 0 Å². The molecule has 1 heterocycles. The van der Waals surface area contributed by atoms with Gasteiger partial charge >= 0.3 is 0 Å². The van der Waals surface area contributed by atoms with Crippen molar-refractivity contribution in [3.63, 3.8) is 0 Å². The van der Waals surface area contributed by atoms with Crippen LogP contribution in [0.25, 0.3) is 0 Å². The van der Waals surface area contributed by atoms with Gasteiger partial charge in [-0.15, -0.1) is 6.58 Å². The molecule has 8 heavy (non-hydrogen) atoms. The number of allylic oxidation sites excluding steroid dienone is 1. The molecule has 1 aromatic heterocycles. The zero-order valence-electron chi connectivity index (χ0n) is 4.50. The van der Waals surface area contributed by atoms with Gasteiger partial charge in [-0.1, -0.05) is 6.08 Å². The minimum absolute atomic E-state index is 0.715. The van der Waals surface area contributed by atoms with Gasteiger partial charge in [-0.2, -0.15) is 0 Å². The Morgan fingerprint density at radius 1 is 1.88 bits per heavy atom. The molecule has 0 spiro atoms. The molecule has 42 valence electrons. The summed E-state index contributed by atoms with van der Waals surface area (Å²) in [4.78, 5) is 3.87. The molecule has 0 saturated carbocycles. The molecule has 0 radical (unpaired) electrons. The smallest absolute Gasteiger partial charge is 0.197 e. The van der Waals surface area contributed by atoms with Crippen LogP contribution in [0, 0.1) is 0 Å². The maximum absolute atomic E-state index is 4.89. The Morgan fingerprint density at radius 3 is 3.25 bits per heavy atom. The zero-order chi connectivity index (χ0) is 5.82. The molecule has 0 fully saturated rings. The van der Waals surface area contributed by atoms with E-state index in [9.17, 15) is 0 Å². The summed E-state index contributed by atoms with van der Waals surface area (Å²) >= 11 is 0. The van der Waals surface area contributed by atoms with Crippen molar-refractivity contribution < 1.29 is 4.42 Å². The summed E-state index contributed by atoms with van der Waals surface area (Å²) in [5.74, 6) is 0.722. The highest BCUT2D eigenvalue weighted by molar-refractivity contribution is 4.87. The van der Waals surface area contributed by atoms with Crippen LogP contribution in [0.1, 0.15) is 5.89 Å². The van der Waals surface area contributed by atoms with Crippen molar-refractivity contribution in [2.45, 2.75) is 6.42 Å². The Hall–Kier alpha value is -1.05. The van der Waals surface area contributed by atoms with Crippen molar-refractivity contribution >= 4 is 0 Å². The van der Waals surface area contributed by atoms with E-state index in [1.165, 1.54) is 0 Å². The molecule has 0 aromatic carbocycles. The average Bonchev–Trinajstić information content (AvgIpc) is 2.19. The van der Waals surface area contributed by atoms with Crippen molar-refractivity contribution in [1.82, 2.24) is 4.98 Å². The lowest BCUT2D eigenvalue weighted by molar-refractivity contribution is 0.509. The summed E-state index contributed by atoms with van der Waals surface area (Å²) in [5, 5.41) is 0. The van der Waals surface area contributed by atoms with Crippen molar-refractivity contribution in [2.75, 3.05) is 0 Å². The van der Waals surface area contributed by atoms with Gasteiger partial charge < -0.3 is 4.42 Å². The highest BCUT2D eigenvalue weighted by Crippen LogP contribution is 1.94. The number of rotatable bonds is 2. The summed E-state index contributed by atoms with van der Waals surface area (Å²) in [6, 6.07) is 0. The van der Waals surface area contributed by atoms with E-state index in [0.29, 0.717) is 6.42 Å². The molecule has 0 unspecified atom stereocenters. The molecule has 2 nitrogen and oxygen atoms in total. The minimum atomic E-state index is 0.715. The molecule has 0 N–H and O–H groups in total. The maximum atomic E-state index is 4.89. The fourth-order valence-corrected chi connectivity index (χ4v) is 0.477. The second-order valence-corrected chi connectivity index (χ2v) is 1.42. The van der Waals surface area contributed by atoms with Crippen molar-refractivity contribution in [3.05, 3.63) is 31.0 Å². The van der Waals surface area contributed by atoms with Gasteiger partial charge in [0.05, 0.1) is 6.20 Å². The Balaban J connectivity index is 2.62. The predicted octanol–water partition coefficient (Wildman–Crippen LogP) is 1.40. The summed E-state index contributed by atoms with van der Waals surface area (Å²) in [6.45, 7) is 3.54. The molecule has 1 rings (SSSR count). The van der Waals surface area contributed by atoms with E-state index >= 15 is 0 Å². The van der Waals surface area contributed by atoms with Gasteiger partial charge in [0.15, 0.2) is 5.89 Å². The largest absolute Gasteiger partial charge is 0.449 e. The van der Waals surface area contributed by atoms with Gasteiger partial charge in [-0.25, -0.2) is 4.98 Å². The first-order chi connectivity index (χ1) is 3.93. The number of hydrogen-bond donors (Lipinski definition) is 0. The van der Waals surface area contributed by atoms with E-state index in [2.05, 4.69) is 11.6 Å². The van der Waals surface area contributed by atoms with Crippen LogP contribution in [0.2, 0.25) is 0 Å². The van der Waals surface area contributed by atoms with Crippen molar-refractivity contribution in [1.29, 1.82) is 0 Å². The first-order valence-electron chi connectivity index (χ1n) is 2.43. The monoisotopic (exact) mass is 109 g/mol. The van der Waals surface area contributed by atoms with Gasteiger partial charge in [0.1, 0.15) is 6.26 Å². The standard InChI is InChI=1S/C6H7NO/c1-2-3-6-7-4-5-8-6/h2,4-5H,1,3H2. The number of hydrogen-bond acceptors (Lipinski definition) is 2. The number of aromatic nitrogens is 1. The molecular weight excluding hydrogens is 102 g/mol. The molecule has 0 saturated heterocycles. The van der Waals surface area contributed by atoms with E-state index in [1.807, 2.05) is 0 Å². The average molecular weight is 109 g/mol. The van der Waals surface area contributed by atoms with Crippen LogP contribution in [-0.2, 0) is 6.42 Å². The Kier molecular flexibility index (Phi) is 1.47. The number of nitrogens with zero attached hydrogens (tertiary/aromatic N) is 1. The summed E-state index contributed by atoms with van der Waals surface area (Å²) in [7, 11) is 0. The third-order valence-corrected chi connectivity index (χ3v) is 0.802. The second-order valence-electron chi connectivity index (χ2n) is 1.42. The van der Waals surface area contributed by atoms with Crippen LogP contribution in [-0.4, -0.2) is 4.98 Å². The van der Waals surface area contributed by atoms with E-state index in [1.54, 1.807) is 18.5 Å². The molecule has 0 bridgehead atoms. The first kappa shape index (κ1) is 5.09. The third kappa shape index (κ3) is 0.964. The fourth-order valence-electron chi connectivity index (χ4n) is 0.477. The summed E-state index contributed by atoms with van der Waals surface area (Å²) < 4.78 is 4.89. The molecule has 0 amide bonds. The summed E-state index contributed by atoms with van der Waals surface area (Å²) in [6.07, 6.45) is 5.65. The topological polar surface area (TPSA) is 26.0 Å². The minimum Gasteiger partial charge on any atom is -0.449 e. The molecular formula is C6H7NO. The van der Waals surface area contributed by atoms with Gasteiger partial charge in [-0.05, 0) is 0 Å². The Morgan fingerprint density at radius 2 is 2.75 bits per heavy atom. The van der Waals surface area contributed by atoms with Crippen LogP contribution in [0.5, 0.6) is 0 Å². The molecule has 2 heteroatoms. The fraction of sp³-hybridized carbons (Fsp3) is 0.167. The lowest BCUT2D eigenvalue weighted by Gasteiger charge is -1.80. The highest BCUT2D eigenvalue weighted by atomic mass is 16.3. The van der Waals surface area contributed by atoms with Crippen LogP contribution in [0.4, 0.5) is 0 Å². The molecule has 1 aromatic rings. The van der Waals surface area contributed by atoms with Crippen LogP contribution in [0.3, 0.4) is 0 Å². The molecule has 0 atom stereocenters. The third-order valence-electron chi connectivity index (χ3n) is 0.802. The van der Waals surface area contributed by atoms with Gasteiger partial charge in [0.2, 0.25) is 0 Å². The lowest BCUT2D eigenvalue weighted by Crippen LogP contribution is -1.75. The molecule has 0 aliphatic rings. The zero-order valence-corrected chi connectivity index (χ0v) is 4.50. The van der Waals surface area contributed by atoms with Gasteiger partial charge in [-0.3, -0.25) is 0 Å². The first-order valence-corrected chi connectivity index (χ1v) is 2.43. The maximum Gasteiger partial charge on any atom is 0.197 e. The van der Waals surface area contributed by atoms with Crippen LogP contribution < -0.4 is 0 Å². The molecule has 0 aliphatic carbocycles. The van der Waals surface area contributed by atoms with Crippen molar-refractivity contribution in [3.8, 4) is 0 Å².